The summed E-state index contributed by atoms with van der Waals surface area (Å²) in [6.45, 7) is 2.71. The summed E-state index contributed by atoms with van der Waals surface area (Å²) >= 11 is 8.13. The smallest absolute Gasteiger partial charge is 0.245 e. The van der Waals surface area contributed by atoms with Crippen molar-refractivity contribution in [3.05, 3.63) is 28.2 Å². The van der Waals surface area contributed by atoms with E-state index in [1.807, 2.05) is 0 Å². The molecule has 20 heavy (non-hydrogen) atoms. The number of benzene rings is 1. The third kappa shape index (κ3) is 3.56. The molecule has 0 spiro atoms. The maximum absolute atomic E-state index is 12.1. The number of halogens is 1. The lowest BCUT2D eigenvalue weighted by atomic mass is 10.1. The van der Waals surface area contributed by atoms with E-state index in [-0.39, 0.29) is 4.99 Å². The fraction of sp³-hybridized carbons (Fsp3) is 0.333. The minimum absolute atomic E-state index is 0.236. The van der Waals surface area contributed by atoms with Crippen LogP contribution >= 0.6 is 28.1 Å². The van der Waals surface area contributed by atoms with Gasteiger partial charge in [0, 0.05) is 16.3 Å². The largest absolute Gasteiger partial charge is 0.389 e. The number of nitrogens with one attached hydrogen (secondary N) is 1. The van der Waals surface area contributed by atoms with Gasteiger partial charge in [0.05, 0.1) is 5.69 Å². The molecular weight excluding hydrogens is 364 g/mol. The van der Waals surface area contributed by atoms with Gasteiger partial charge in [-0.1, -0.05) is 12.2 Å². The van der Waals surface area contributed by atoms with E-state index in [1.165, 1.54) is 13.8 Å². The molecule has 8 heteroatoms. The highest BCUT2D eigenvalue weighted by Crippen LogP contribution is 2.26. The van der Waals surface area contributed by atoms with Gasteiger partial charge in [-0.15, -0.1) is 0 Å². The molecule has 1 amide bonds. The maximum atomic E-state index is 12.1. The molecule has 0 aliphatic heterocycles. The van der Waals surface area contributed by atoms with Crippen LogP contribution in [-0.2, 0) is 14.6 Å². The quantitative estimate of drug-likeness (QED) is 0.780. The summed E-state index contributed by atoms with van der Waals surface area (Å²) in [6, 6.07) is 4.91. The van der Waals surface area contributed by atoms with Gasteiger partial charge >= 0.3 is 0 Å². The number of hydrogen-bond donors (Lipinski definition) is 2. The van der Waals surface area contributed by atoms with Gasteiger partial charge in [0.15, 0.2) is 9.84 Å². The summed E-state index contributed by atoms with van der Waals surface area (Å²) < 4.78 is 22.3. The van der Waals surface area contributed by atoms with Crippen LogP contribution in [0.5, 0.6) is 0 Å². The average molecular weight is 379 g/mol. The number of thiocarbonyl (C=S) groups is 1. The summed E-state index contributed by atoms with van der Waals surface area (Å²) in [5, 5.41) is 2.57. The molecule has 0 atom stereocenters. The highest BCUT2D eigenvalue weighted by molar-refractivity contribution is 9.10. The van der Waals surface area contributed by atoms with Gasteiger partial charge in [0.25, 0.3) is 0 Å². The fourth-order valence-corrected chi connectivity index (χ4v) is 2.20. The second-order valence-corrected chi connectivity index (χ2v) is 8.65. The highest BCUT2D eigenvalue weighted by Gasteiger charge is 2.38. The summed E-state index contributed by atoms with van der Waals surface area (Å²) in [7, 11) is -3.52. The van der Waals surface area contributed by atoms with Gasteiger partial charge in [0.2, 0.25) is 5.91 Å². The second-order valence-electron chi connectivity index (χ2n) is 4.80. The van der Waals surface area contributed by atoms with Crippen molar-refractivity contribution >= 4 is 54.6 Å². The normalized spacial score (nSPS) is 12.0. The Balaban J connectivity index is 3.06. The number of anilines is 1. The Kier molecular flexibility index (Phi) is 4.94. The van der Waals surface area contributed by atoms with Gasteiger partial charge in [-0.2, -0.15) is 0 Å². The third-order valence-electron chi connectivity index (χ3n) is 2.98. The molecule has 3 N–H and O–H groups in total. The Morgan fingerprint density at radius 1 is 1.40 bits per heavy atom. The SMILES string of the molecule is CC(C)(C(=O)Nc1ccc(C(N)=S)cc1Br)S(C)(=O)=O. The van der Waals surface area contributed by atoms with Crippen molar-refractivity contribution in [3.63, 3.8) is 0 Å². The summed E-state index contributed by atoms with van der Waals surface area (Å²) in [6.07, 6.45) is 1.03. The molecule has 110 valence electrons. The number of carbonyl (C=O) groups is 1. The van der Waals surface area contributed by atoms with Gasteiger partial charge < -0.3 is 11.1 Å². The van der Waals surface area contributed by atoms with Crippen molar-refractivity contribution < 1.29 is 13.2 Å². The van der Waals surface area contributed by atoms with E-state index in [1.54, 1.807) is 18.2 Å². The summed E-state index contributed by atoms with van der Waals surface area (Å²) in [5.41, 5.74) is 6.60. The van der Waals surface area contributed by atoms with E-state index in [9.17, 15) is 13.2 Å². The molecular formula is C12H15BrN2O3S2. The Morgan fingerprint density at radius 3 is 2.35 bits per heavy atom. The monoisotopic (exact) mass is 378 g/mol. The number of sulfone groups is 1. The first-order chi connectivity index (χ1) is 8.96. The predicted molar refractivity (Wildman–Crippen MR) is 87.6 cm³/mol. The second kappa shape index (κ2) is 5.79. The van der Waals surface area contributed by atoms with Crippen LogP contribution in [0.1, 0.15) is 19.4 Å². The number of nitrogens with two attached hydrogens (primary N) is 1. The van der Waals surface area contributed by atoms with Crippen LogP contribution in [0.2, 0.25) is 0 Å². The molecule has 0 heterocycles. The van der Waals surface area contributed by atoms with Gasteiger partial charge in [-0.3, -0.25) is 4.79 Å². The van der Waals surface area contributed by atoms with E-state index in [0.717, 1.165) is 6.26 Å². The molecule has 1 rings (SSSR count). The molecule has 1 aromatic rings. The first kappa shape index (κ1) is 17.1. The van der Waals surface area contributed by atoms with E-state index in [0.29, 0.717) is 15.7 Å². The van der Waals surface area contributed by atoms with Gasteiger partial charge in [-0.05, 0) is 48.0 Å². The Labute approximate surface area is 132 Å². The van der Waals surface area contributed by atoms with Crippen molar-refractivity contribution in [1.82, 2.24) is 0 Å². The maximum Gasteiger partial charge on any atom is 0.245 e. The molecule has 0 fully saturated rings. The predicted octanol–water partition coefficient (Wildman–Crippen LogP) is 1.84. The van der Waals surface area contributed by atoms with Crippen molar-refractivity contribution in [3.8, 4) is 0 Å². The molecule has 0 aliphatic rings. The van der Waals surface area contributed by atoms with Crippen molar-refractivity contribution in [2.24, 2.45) is 5.73 Å². The molecule has 0 radical (unpaired) electrons. The molecule has 0 aliphatic carbocycles. The van der Waals surface area contributed by atoms with Crippen molar-refractivity contribution in [1.29, 1.82) is 0 Å². The lowest BCUT2D eigenvalue weighted by Crippen LogP contribution is -2.43. The van der Waals surface area contributed by atoms with E-state index in [4.69, 9.17) is 18.0 Å². The summed E-state index contributed by atoms with van der Waals surface area (Å²) in [4.78, 5) is 12.3. The van der Waals surface area contributed by atoms with Crippen molar-refractivity contribution in [2.45, 2.75) is 18.6 Å². The lowest BCUT2D eigenvalue weighted by molar-refractivity contribution is -0.117. The van der Waals surface area contributed by atoms with Crippen LogP contribution in [0.25, 0.3) is 0 Å². The molecule has 0 bridgehead atoms. The zero-order valence-corrected chi connectivity index (χ0v) is 14.4. The zero-order valence-electron chi connectivity index (χ0n) is 11.2. The van der Waals surface area contributed by atoms with Gasteiger partial charge in [-0.25, -0.2) is 8.42 Å². The zero-order chi connectivity index (χ0) is 15.7. The molecule has 1 aromatic carbocycles. The Hall–Kier alpha value is -0.990. The minimum Gasteiger partial charge on any atom is -0.389 e. The number of rotatable bonds is 4. The fourth-order valence-electron chi connectivity index (χ4n) is 1.21. The molecule has 0 aromatic heterocycles. The van der Waals surface area contributed by atoms with Crippen LogP contribution in [0.4, 0.5) is 5.69 Å². The third-order valence-corrected chi connectivity index (χ3v) is 5.91. The Bertz CT molecular complexity index is 669. The van der Waals surface area contributed by atoms with Crippen LogP contribution in [0.15, 0.2) is 22.7 Å². The first-order valence-electron chi connectivity index (χ1n) is 5.57. The highest BCUT2D eigenvalue weighted by atomic mass is 79.9. The van der Waals surface area contributed by atoms with Crippen LogP contribution < -0.4 is 11.1 Å². The topological polar surface area (TPSA) is 89.3 Å². The Morgan fingerprint density at radius 2 is 1.95 bits per heavy atom. The first-order valence-corrected chi connectivity index (χ1v) is 8.66. The molecule has 0 saturated heterocycles. The van der Waals surface area contributed by atoms with Crippen LogP contribution in [0.3, 0.4) is 0 Å². The summed E-state index contributed by atoms with van der Waals surface area (Å²) in [5.74, 6) is -0.608. The molecule has 0 saturated carbocycles. The van der Waals surface area contributed by atoms with E-state index < -0.39 is 20.5 Å². The number of carbonyl (C=O) groups excluding carboxylic acids is 1. The van der Waals surface area contributed by atoms with Crippen LogP contribution in [-0.4, -0.2) is 30.3 Å². The van der Waals surface area contributed by atoms with Gasteiger partial charge in [0.1, 0.15) is 9.74 Å². The number of hydrogen-bond acceptors (Lipinski definition) is 4. The van der Waals surface area contributed by atoms with Crippen LogP contribution in [0, 0.1) is 0 Å². The van der Waals surface area contributed by atoms with Crippen molar-refractivity contribution in [2.75, 3.05) is 11.6 Å². The standard InChI is InChI=1S/C12H15BrN2O3S2/c1-12(2,20(3,17)18)11(16)15-9-5-4-7(10(14)19)6-8(9)13/h4-6H,1-3H3,(H2,14,19)(H,15,16). The lowest BCUT2D eigenvalue weighted by Gasteiger charge is -2.22. The van der Waals surface area contributed by atoms with E-state index in [2.05, 4.69) is 21.2 Å². The van der Waals surface area contributed by atoms with E-state index >= 15 is 0 Å². The average Bonchev–Trinajstić information content (AvgIpc) is 2.29. The molecule has 0 unspecified atom stereocenters. The number of amides is 1. The minimum atomic E-state index is -3.52. The molecule has 5 nitrogen and oxygen atoms in total.